The topological polar surface area (TPSA) is 12.5 Å². The fourth-order valence-corrected chi connectivity index (χ4v) is 1.38. The summed E-state index contributed by atoms with van der Waals surface area (Å²) in [4.78, 5) is 2.36. The van der Waals surface area contributed by atoms with Crippen LogP contribution < -0.4 is 0 Å². The number of halogens is 1. The van der Waals surface area contributed by atoms with Gasteiger partial charge in [-0.25, -0.2) is 0 Å². The molecule has 0 heterocycles. The molecule has 2 nitrogen and oxygen atoms in total. The third kappa shape index (κ3) is 5.66. The molecule has 0 amide bonds. The quantitative estimate of drug-likeness (QED) is 0.510. The minimum atomic E-state index is 0.242. The predicted octanol–water partition coefficient (Wildman–Crippen LogP) is 2.52. The highest BCUT2D eigenvalue weighted by Crippen LogP contribution is 2.14. The van der Waals surface area contributed by atoms with Gasteiger partial charge in [-0.1, -0.05) is 15.9 Å². The second-order valence-corrected chi connectivity index (χ2v) is 4.48. The van der Waals surface area contributed by atoms with Gasteiger partial charge >= 0.3 is 0 Å². The Morgan fingerprint density at radius 2 is 2.00 bits per heavy atom. The van der Waals surface area contributed by atoms with E-state index >= 15 is 0 Å². The van der Waals surface area contributed by atoms with Crippen LogP contribution in [0.4, 0.5) is 0 Å². The van der Waals surface area contributed by atoms with Crippen LogP contribution in [0, 0.1) is 0 Å². The second-order valence-electron chi connectivity index (χ2n) is 3.92. The van der Waals surface area contributed by atoms with Gasteiger partial charge in [0.15, 0.2) is 0 Å². The van der Waals surface area contributed by atoms with Gasteiger partial charge in [0.2, 0.25) is 0 Å². The lowest BCUT2D eigenvalue weighted by Gasteiger charge is -2.33. The normalized spacial score (nSPS) is 12.5. The zero-order valence-electron chi connectivity index (χ0n) is 9.27. The summed E-state index contributed by atoms with van der Waals surface area (Å²) in [7, 11) is 2.16. The molecule has 0 aromatic carbocycles. The highest BCUT2D eigenvalue weighted by Gasteiger charge is 2.20. The maximum Gasteiger partial charge on any atom is 0.0478 e. The molecule has 0 N–H and O–H groups in total. The SMILES string of the molecule is CCOCCCN(C)C(C)(C)CBr. The zero-order chi connectivity index (χ0) is 10.3. The summed E-state index contributed by atoms with van der Waals surface area (Å²) in [5, 5.41) is 1.01. The summed E-state index contributed by atoms with van der Waals surface area (Å²) in [6, 6.07) is 0. The van der Waals surface area contributed by atoms with Crippen LogP contribution in [0.3, 0.4) is 0 Å². The molecule has 3 heteroatoms. The third-order valence-corrected chi connectivity index (χ3v) is 3.72. The Labute approximate surface area is 90.8 Å². The molecule has 0 aliphatic carbocycles. The molecular formula is C10H22BrNO. The first-order valence-electron chi connectivity index (χ1n) is 4.89. The van der Waals surface area contributed by atoms with E-state index in [9.17, 15) is 0 Å². The highest BCUT2D eigenvalue weighted by atomic mass is 79.9. The van der Waals surface area contributed by atoms with Crippen molar-refractivity contribution in [2.45, 2.75) is 32.7 Å². The molecule has 0 fully saturated rings. The highest BCUT2D eigenvalue weighted by molar-refractivity contribution is 9.09. The molecule has 13 heavy (non-hydrogen) atoms. The van der Waals surface area contributed by atoms with Crippen molar-refractivity contribution in [3.05, 3.63) is 0 Å². The Balaban J connectivity index is 3.55. The van der Waals surface area contributed by atoms with Crippen molar-refractivity contribution in [2.24, 2.45) is 0 Å². The first-order valence-corrected chi connectivity index (χ1v) is 6.01. The molecule has 0 spiro atoms. The predicted molar refractivity (Wildman–Crippen MR) is 61.6 cm³/mol. The van der Waals surface area contributed by atoms with Gasteiger partial charge in [-0.15, -0.1) is 0 Å². The first-order chi connectivity index (χ1) is 6.04. The average molecular weight is 252 g/mol. The van der Waals surface area contributed by atoms with E-state index in [1.807, 2.05) is 6.92 Å². The summed E-state index contributed by atoms with van der Waals surface area (Å²) >= 11 is 3.52. The zero-order valence-corrected chi connectivity index (χ0v) is 10.9. The molecule has 0 aliphatic rings. The van der Waals surface area contributed by atoms with Gasteiger partial charge in [0.1, 0.15) is 0 Å². The minimum Gasteiger partial charge on any atom is -0.382 e. The Kier molecular flexibility index (Phi) is 7.00. The van der Waals surface area contributed by atoms with E-state index in [1.54, 1.807) is 0 Å². The molecule has 0 aromatic rings. The number of hydrogen-bond acceptors (Lipinski definition) is 2. The van der Waals surface area contributed by atoms with Gasteiger partial charge < -0.3 is 9.64 Å². The van der Waals surface area contributed by atoms with Gasteiger partial charge in [-0.2, -0.15) is 0 Å². The molecule has 0 atom stereocenters. The molecular weight excluding hydrogens is 230 g/mol. The molecule has 0 saturated heterocycles. The lowest BCUT2D eigenvalue weighted by Crippen LogP contribution is -2.43. The maximum atomic E-state index is 5.29. The first kappa shape index (κ1) is 13.4. The van der Waals surface area contributed by atoms with E-state index in [0.717, 1.165) is 31.5 Å². The van der Waals surface area contributed by atoms with Crippen LogP contribution in [-0.2, 0) is 4.74 Å². The summed E-state index contributed by atoms with van der Waals surface area (Å²) in [5.74, 6) is 0. The van der Waals surface area contributed by atoms with E-state index in [4.69, 9.17) is 4.74 Å². The number of alkyl halides is 1. The molecule has 0 bridgehead atoms. The van der Waals surface area contributed by atoms with Crippen LogP contribution in [0.1, 0.15) is 27.2 Å². The third-order valence-electron chi connectivity index (χ3n) is 2.35. The van der Waals surface area contributed by atoms with Crippen LogP contribution in [0.2, 0.25) is 0 Å². The van der Waals surface area contributed by atoms with E-state index in [1.165, 1.54) is 0 Å². The molecule has 0 aromatic heterocycles. The summed E-state index contributed by atoms with van der Waals surface area (Å²) in [5.41, 5.74) is 0.242. The largest absolute Gasteiger partial charge is 0.382 e. The lowest BCUT2D eigenvalue weighted by atomic mass is 10.1. The second kappa shape index (κ2) is 6.80. The van der Waals surface area contributed by atoms with Crippen molar-refractivity contribution in [3.63, 3.8) is 0 Å². The Morgan fingerprint density at radius 3 is 2.46 bits per heavy atom. The number of rotatable bonds is 7. The van der Waals surface area contributed by atoms with E-state index in [0.29, 0.717) is 0 Å². The standard InChI is InChI=1S/C10H22BrNO/c1-5-13-8-6-7-12(4)10(2,3)9-11/h5-9H2,1-4H3. The molecule has 0 aliphatic heterocycles. The van der Waals surface area contributed by atoms with Crippen LogP contribution in [0.25, 0.3) is 0 Å². The lowest BCUT2D eigenvalue weighted by molar-refractivity contribution is 0.117. The van der Waals surface area contributed by atoms with Crippen LogP contribution >= 0.6 is 15.9 Å². The van der Waals surface area contributed by atoms with E-state index < -0.39 is 0 Å². The van der Waals surface area contributed by atoms with Gasteiger partial charge in [-0.05, 0) is 34.2 Å². The van der Waals surface area contributed by atoms with Crippen molar-refractivity contribution < 1.29 is 4.74 Å². The molecule has 0 saturated carbocycles. The van der Waals surface area contributed by atoms with Crippen LogP contribution in [0.5, 0.6) is 0 Å². The van der Waals surface area contributed by atoms with Gasteiger partial charge in [0, 0.05) is 30.6 Å². The number of ether oxygens (including phenoxy) is 1. The monoisotopic (exact) mass is 251 g/mol. The Morgan fingerprint density at radius 1 is 1.38 bits per heavy atom. The smallest absolute Gasteiger partial charge is 0.0478 e. The van der Waals surface area contributed by atoms with E-state index in [-0.39, 0.29) is 5.54 Å². The molecule has 0 rings (SSSR count). The molecule has 80 valence electrons. The van der Waals surface area contributed by atoms with Gasteiger partial charge in [-0.3, -0.25) is 0 Å². The Hall–Kier alpha value is 0.400. The maximum absolute atomic E-state index is 5.29. The molecule has 0 radical (unpaired) electrons. The summed E-state index contributed by atoms with van der Waals surface area (Å²) < 4.78 is 5.29. The van der Waals surface area contributed by atoms with Crippen molar-refractivity contribution in [3.8, 4) is 0 Å². The van der Waals surface area contributed by atoms with Crippen molar-refractivity contribution in [1.82, 2.24) is 4.90 Å². The number of nitrogens with zero attached hydrogens (tertiary/aromatic N) is 1. The molecule has 0 unspecified atom stereocenters. The summed E-state index contributed by atoms with van der Waals surface area (Å²) in [6.07, 6.45) is 1.11. The fraction of sp³-hybridized carbons (Fsp3) is 1.00. The van der Waals surface area contributed by atoms with Crippen molar-refractivity contribution in [2.75, 3.05) is 32.1 Å². The van der Waals surface area contributed by atoms with Crippen molar-refractivity contribution >= 4 is 15.9 Å². The average Bonchev–Trinajstić information content (AvgIpc) is 2.12. The fourth-order valence-electron chi connectivity index (χ4n) is 0.953. The van der Waals surface area contributed by atoms with Gasteiger partial charge in [0.05, 0.1) is 0 Å². The van der Waals surface area contributed by atoms with Crippen LogP contribution in [-0.4, -0.2) is 42.6 Å². The summed E-state index contributed by atoms with van der Waals surface area (Å²) in [6.45, 7) is 9.31. The van der Waals surface area contributed by atoms with E-state index in [2.05, 4.69) is 41.7 Å². The van der Waals surface area contributed by atoms with Crippen molar-refractivity contribution in [1.29, 1.82) is 0 Å². The Bertz CT molecular complexity index is 128. The minimum absolute atomic E-state index is 0.242. The van der Waals surface area contributed by atoms with Crippen LogP contribution in [0.15, 0.2) is 0 Å². The van der Waals surface area contributed by atoms with Gasteiger partial charge in [0.25, 0.3) is 0 Å². The number of hydrogen-bond donors (Lipinski definition) is 0.